The second-order valence-corrected chi connectivity index (χ2v) is 5.87. The molecule has 3 rings (SSSR count). The second-order valence-electron chi connectivity index (χ2n) is 5.87. The third-order valence-corrected chi connectivity index (χ3v) is 4.14. The first-order chi connectivity index (χ1) is 12.6. The highest BCUT2D eigenvalue weighted by Crippen LogP contribution is 2.17. The maximum absolute atomic E-state index is 13.0. The van der Waals surface area contributed by atoms with Crippen LogP contribution in [0.1, 0.15) is 17.4 Å². The number of aromatic nitrogens is 3. The van der Waals surface area contributed by atoms with Crippen LogP contribution in [0.2, 0.25) is 0 Å². The summed E-state index contributed by atoms with van der Waals surface area (Å²) in [6.45, 7) is 4.44. The Hall–Kier alpha value is -2.97. The number of amides is 1. The average molecular weight is 361 g/mol. The molecule has 0 unspecified atom stereocenters. The lowest BCUT2D eigenvalue weighted by Gasteiger charge is -2.36. The van der Waals surface area contributed by atoms with Crippen LogP contribution in [-0.2, 0) is 16.1 Å². The van der Waals surface area contributed by atoms with Crippen LogP contribution in [0.3, 0.4) is 0 Å². The molecule has 0 aliphatic carbocycles. The molecule has 1 aliphatic heterocycles. The molecule has 1 aliphatic rings. The van der Waals surface area contributed by atoms with Crippen LogP contribution >= 0.6 is 0 Å². The van der Waals surface area contributed by atoms with E-state index in [1.165, 1.54) is 23.0 Å². The number of nitrogens with zero attached hydrogens (tertiary/aromatic N) is 5. The maximum Gasteiger partial charge on any atom is 0.360 e. The van der Waals surface area contributed by atoms with Gasteiger partial charge in [0.1, 0.15) is 12.4 Å². The molecular weight excluding hydrogens is 341 g/mol. The monoisotopic (exact) mass is 361 g/mol. The van der Waals surface area contributed by atoms with E-state index in [1.807, 2.05) is 0 Å². The van der Waals surface area contributed by atoms with E-state index in [0.717, 1.165) is 5.69 Å². The molecule has 1 aromatic carbocycles. The topological polar surface area (TPSA) is 80.6 Å². The summed E-state index contributed by atoms with van der Waals surface area (Å²) in [6.07, 6.45) is 1.41. The third kappa shape index (κ3) is 4.16. The Kier molecular flexibility index (Phi) is 5.45. The molecule has 0 N–H and O–H groups in total. The van der Waals surface area contributed by atoms with Gasteiger partial charge in [0.05, 0.1) is 12.8 Å². The first kappa shape index (κ1) is 17.8. The number of hydrogen-bond acceptors (Lipinski definition) is 6. The standard InChI is InChI=1S/C17H20FN5O3/c1-2-26-17(25)15-11-23(20-19-15)12-16(24)22-9-7-21(8-10-22)14-5-3-13(18)4-6-14/h3-6,11H,2,7-10,12H2,1H3. The predicted molar refractivity (Wildman–Crippen MR) is 91.2 cm³/mol. The van der Waals surface area contributed by atoms with Crippen molar-refractivity contribution in [3.05, 3.63) is 42.0 Å². The number of rotatable bonds is 5. The minimum atomic E-state index is -0.556. The van der Waals surface area contributed by atoms with E-state index in [-0.39, 0.29) is 30.6 Å². The van der Waals surface area contributed by atoms with Crippen molar-refractivity contribution in [3.63, 3.8) is 0 Å². The van der Waals surface area contributed by atoms with Crippen LogP contribution in [0.5, 0.6) is 0 Å². The van der Waals surface area contributed by atoms with E-state index in [4.69, 9.17) is 4.74 Å². The number of hydrogen-bond donors (Lipinski definition) is 0. The van der Waals surface area contributed by atoms with Gasteiger partial charge in [-0.05, 0) is 31.2 Å². The largest absolute Gasteiger partial charge is 0.461 e. The number of ether oxygens (including phenoxy) is 1. The number of esters is 1. The summed E-state index contributed by atoms with van der Waals surface area (Å²) in [5.41, 5.74) is 1.02. The molecule has 1 fully saturated rings. The highest BCUT2D eigenvalue weighted by molar-refractivity contribution is 5.86. The van der Waals surface area contributed by atoms with Gasteiger partial charge in [-0.3, -0.25) is 4.79 Å². The zero-order valence-corrected chi connectivity index (χ0v) is 14.5. The Morgan fingerprint density at radius 1 is 1.15 bits per heavy atom. The van der Waals surface area contributed by atoms with Crippen molar-refractivity contribution in [1.29, 1.82) is 0 Å². The van der Waals surface area contributed by atoms with Gasteiger partial charge in [0.25, 0.3) is 0 Å². The highest BCUT2D eigenvalue weighted by atomic mass is 19.1. The number of carbonyl (C=O) groups is 2. The van der Waals surface area contributed by atoms with E-state index in [0.29, 0.717) is 26.2 Å². The van der Waals surface area contributed by atoms with Crippen molar-refractivity contribution in [2.45, 2.75) is 13.5 Å². The normalized spacial score (nSPS) is 14.4. The Balaban J connectivity index is 1.52. The molecule has 0 bridgehead atoms. The Labute approximate surface area is 150 Å². The van der Waals surface area contributed by atoms with E-state index in [1.54, 1.807) is 24.0 Å². The number of piperazine rings is 1. The van der Waals surface area contributed by atoms with Crippen molar-refractivity contribution >= 4 is 17.6 Å². The van der Waals surface area contributed by atoms with E-state index >= 15 is 0 Å². The van der Waals surface area contributed by atoms with Gasteiger partial charge in [-0.2, -0.15) is 0 Å². The molecule has 8 nitrogen and oxygen atoms in total. The molecule has 1 aromatic heterocycles. The molecule has 26 heavy (non-hydrogen) atoms. The lowest BCUT2D eigenvalue weighted by molar-refractivity contribution is -0.132. The summed E-state index contributed by atoms with van der Waals surface area (Å²) in [5, 5.41) is 7.52. The Bertz CT molecular complexity index is 769. The molecule has 2 heterocycles. The summed E-state index contributed by atoms with van der Waals surface area (Å²) in [7, 11) is 0. The van der Waals surface area contributed by atoms with Crippen LogP contribution in [0, 0.1) is 5.82 Å². The Morgan fingerprint density at radius 2 is 1.85 bits per heavy atom. The third-order valence-electron chi connectivity index (χ3n) is 4.14. The number of carbonyl (C=O) groups excluding carboxylic acids is 2. The van der Waals surface area contributed by atoms with Crippen molar-refractivity contribution in [2.75, 3.05) is 37.7 Å². The SMILES string of the molecule is CCOC(=O)c1cn(CC(=O)N2CCN(c3ccc(F)cc3)CC2)nn1. The first-order valence-corrected chi connectivity index (χ1v) is 8.42. The molecule has 1 saturated heterocycles. The van der Waals surface area contributed by atoms with Crippen LogP contribution < -0.4 is 4.90 Å². The fourth-order valence-electron chi connectivity index (χ4n) is 2.78. The van der Waals surface area contributed by atoms with Gasteiger partial charge in [-0.25, -0.2) is 13.9 Å². The molecule has 0 atom stereocenters. The van der Waals surface area contributed by atoms with Crippen LogP contribution in [0.4, 0.5) is 10.1 Å². The lowest BCUT2D eigenvalue weighted by Crippen LogP contribution is -2.49. The first-order valence-electron chi connectivity index (χ1n) is 8.42. The van der Waals surface area contributed by atoms with E-state index < -0.39 is 5.97 Å². The molecule has 0 spiro atoms. The van der Waals surface area contributed by atoms with Crippen molar-refractivity contribution in [3.8, 4) is 0 Å². The number of anilines is 1. The van der Waals surface area contributed by atoms with Crippen LogP contribution in [0.15, 0.2) is 30.5 Å². The average Bonchev–Trinajstić information content (AvgIpc) is 3.11. The quantitative estimate of drug-likeness (QED) is 0.738. The minimum Gasteiger partial charge on any atom is -0.461 e. The van der Waals surface area contributed by atoms with Gasteiger partial charge in [-0.15, -0.1) is 5.10 Å². The smallest absolute Gasteiger partial charge is 0.360 e. The van der Waals surface area contributed by atoms with Crippen LogP contribution in [-0.4, -0.2) is 64.6 Å². The molecular formula is C17H20FN5O3. The predicted octanol–water partition coefficient (Wildman–Crippen LogP) is 0.943. The van der Waals surface area contributed by atoms with Gasteiger partial charge >= 0.3 is 5.97 Å². The summed E-state index contributed by atoms with van der Waals surface area (Å²) in [5.74, 6) is -0.916. The lowest BCUT2D eigenvalue weighted by atomic mass is 10.2. The minimum absolute atomic E-state index is 0.0168. The molecule has 0 radical (unpaired) electrons. The van der Waals surface area contributed by atoms with Crippen molar-refractivity contribution in [2.24, 2.45) is 0 Å². The summed E-state index contributed by atoms with van der Waals surface area (Å²) in [4.78, 5) is 27.8. The fraction of sp³-hybridized carbons (Fsp3) is 0.412. The van der Waals surface area contributed by atoms with E-state index in [2.05, 4.69) is 15.2 Å². The molecule has 2 aromatic rings. The second kappa shape index (κ2) is 7.94. The van der Waals surface area contributed by atoms with E-state index in [9.17, 15) is 14.0 Å². The zero-order valence-electron chi connectivity index (χ0n) is 14.5. The summed E-state index contributed by atoms with van der Waals surface area (Å²) >= 11 is 0. The van der Waals surface area contributed by atoms with Crippen molar-refractivity contribution in [1.82, 2.24) is 19.9 Å². The van der Waals surface area contributed by atoms with Gasteiger partial charge in [0.2, 0.25) is 5.91 Å². The van der Waals surface area contributed by atoms with Gasteiger partial charge < -0.3 is 14.5 Å². The van der Waals surface area contributed by atoms with Crippen LogP contribution in [0.25, 0.3) is 0 Å². The zero-order chi connectivity index (χ0) is 18.5. The Morgan fingerprint density at radius 3 is 2.50 bits per heavy atom. The summed E-state index contributed by atoms with van der Waals surface area (Å²) in [6, 6.07) is 6.33. The molecule has 0 saturated carbocycles. The van der Waals surface area contributed by atoms with Gasteiger partial charge in [-0.1, -0.05) is 5.21 Å². The molecule has 1 amide bonds. The number of benzene rings is 1. The molecule has 9 heteroatoms. The highest BCUT2D eigenvalue weighted by Gasteiger charge is 2.22. The summed E-state index contributed by atoms with van der Waals surface area (Å²) < 4.78 is 19.2. The van der Waals surface area contributed by atoms with Gasteiger partial charge in [0.15, 0.2) is 5.69 Å². The van der Waals surface area contributed by atoms with Gasteiger partial charge in [0, 0.05) is 31.9 Å². The maximum atomic E-state index is 13.0. The number of halogens is 1. The van der Waals surface area contributed by atoms with Crippen molar-refractivity contribution < 1.29 is 18.7 Å². The molecule has 138 valence electrons. The fourth-order valence-corrected chi connectivity index (χ4v) is 2.78.